The van der Waals surface area contributed by atoms with Gasteiger partial charge >= 0.3 is 0 Å². The fourth-order valence-corrected chi connectivity index (χ4v) is 6.14. The zero-order chi connectivity index (χ0) is 18.2. The Balaban J connectivity index is 2.19. The van der Waals surface area contributed by atoms with E-state index in [4.69, 9.17) is 18.6 Å². The van der Waals surface area contributed by atoms with Crippen LogP contribution in [0.2, 0.25) is 18.1 Å². The number of fused-ring (bicyclic) bond motifs is 1. The molecule has 1 aliphatic heterocycles. The van der Waals surface area contributed by atoms with Crippen LogP contribution in [-0.4, -0.2) is 38.5 Å². The minimum Gasteiger partial charge on any atom is -0.545 e. The van der Waals surface area contributed by atoms with Crippen LogP contribution in [0.4, 0.5) is 0 Å². The maximum atomic E-state index is 6.66. The second-order valence-corrected chi connectivity index (χ2v) is 13.2. The molecule has 0 aromatic rings. The maximum Gasteiger partial charge on any atom is 0.250 e. The summed E-state index contributed by atoms with van der Waals surface area (Å²) < 4.78 is 25.0. The van der Waals surface area contributed by atoms with Crippen molar-refractivity contribution in [3.05, 3.63) is 11.8 Å². The van der Waals surface area contributed by atoms with Gasteiger partial charge in [0.2, 0.25) is 8.32 Å². The van der Waals surface area contributed by atoms with Crippen molar-refractivity contribution < 1.29 is 18.6 Å². The van der Waals surface area contributed by atoms with Crippen molar-refractivity contribution in [2.75, 3.05) is 6.61 Å². The highest BCUT2D eigenvalue weighted by molar-refractivity contribution is 6.73. The zero-order valence-electron chi connectivity index (χ0n) is 16.8. The summed E-state index contributed by atoms with van der Waals surface area (Å²) in [7, 11) is -1.72. The van der Waals surface area contributed by atoms with Gasteiger partial charge in [0.1, 0.15) is 18.0 Å². The van der Waals surface area contributed by atoms with Crippen LogP contribution in [0, 0.1) is 5.92 Å². The summed E-state index contributed by atoms with van der Waals surface area (Å²) in [5.74, 6) is 0.612. The third kappa shape index (κ3) is 4.42. The lowest BCUT2D eigenvalue weighted by atomic mass is 10.1. The van der Waals surface area contributed by atoms with Crippen LogP contribution in [0.1, 0.15) is 55.4 Å². The van der Waals surface area contributed by atoms with Crippen molar-refractivity contribution >= 4 is 8.32 Å². The summed E-state index contributed by atoms with van der Waals surface area (Å²) in [4.78, 5) is 0. The highest BCUT2D eigenvalue weighted by atomic mass is 28.4. The van der Waals surface area contributed by atoms with Gasteiger partial charge in [-0.3, -0.25) is 0 Å². The zero-order valence-corrected chi connectivity index (χ0v) is 17.8. The van der Waals surface area contributed by atoms with Crippen molar-refractivity contribution in [2.24, 2.45) is 5.92 Å². The molecule has 0 bridgehead atoms. The molecule has 0 aromatic carbocycles. The topological polar surface area (TPSA) is 36.9 Å². The third-order valence-corrected chi connectivity index (χ3v) is 9.72. The highest BCUT2D eigenvalue weighted by Gasteiger charge is 2.52. The standard InChI is InChI=1S/C19H36O4Si/c1-9-24(10-2,11-3)23-15-12-14(13-20-18(4,5)6)16-17(15)22-19(7,8)21-16/h12,14,16-17H,9-11,13H2,1-8H3/t14-,16-,17+/m1/s1. The SMILES string of the molecule is CC[Si](CC)(CC)OC1=C[C@H](COC(C)(C)C)[C@H]2OC(C)(C)O[C@@H]12. The molecular formula is C19H36O4Si. The first-order valence-corrected chi connectivity index (χ1v) is 12.0. The molecule has 1 heterocycles. The maximum absolute atomic E-state index is 6.66. The van der Waals surface area contributed by atoms with Crippen LogP contribution in [0.3, 0.4) is 0 Å². The van der Waals surface area contributed by atoms with E-state index in [0.29, 0.717) is 6.61 Å². The molecule has 24 heavy (non-hydrogen) atoms. The first kappa shape index (κ1) is 20.0. The van der Waals surface area contributed by atoms with Crippen LogP contribution < -0.4 is 0 Å². The Kier molecular flexibility index (Phi) is 5.90. The van der Waals surface area contributed by atoms with Crippen molar-refractivity contribution in [1.82, 2.24) is 0 Å². The Hall–Kier alpha value is -0.363. The van der Waals surface area contributed by atoms with Gasteiger partial charge in [0.25, 0.3) is 0 Å². The van der Waals surface area contributed by atoms with Crippen LogP contribution in [0.5, 0.6) is 0 Å². The number of rotatable bonds is 7. The summed E-state index contributed by atoms with van der Waals surface area (Å²) in [6, 6.07) is 3.38. The van der Waals surface area contributed by atoms with Gasteiger partial charge in [-0.15, -0.1) is 0 Å². The summed E-state index contributed by atoms with van der Waals surface area (Å²) in [6.45, 7) is 17.6. The molecule has 1 aliphatic carbocycles. The van der Waals surface area contributed by atoms with Gasteiger partial charge in [0, 0.05) is 5.92 Å². The van der Waals surface area contributed by atoms with Gasteiger partial charge in [-0.25, -0.2) is 0 Å². The molecule has 0 saturated carbocycles. The summed E-state index contributed by atoms with van der Waals surface area (Å²) in [6.07, 6.45) is 2.11. The van der Waals surface area contributed by atoms with E-state index in [0.717, 1.165) is 23.9 Å². The molecule has 0 N–H and O–H groups in total. The molecular weight excluding hydrogens is 320 g/mol. The molecule has 2 aliphatic rings. The number of ether oxygens (including phenoxy) is 3. The monoisotopic (exact) mass is 356 g/mol. The highest BCUT2D eigenvalue weighted by Crippen LogP contribution is 2.43. The predicted octanol–water partition coefficient (Wildman–Crippen LogP) is 4.86. The largest absolute Gasteiger partial charge is 0.545 e. The van der Waals surface area contributed by atoms with Crippen molar-refractivity contribution in [2.45, 2.75) is 97.1 Å². The average molecular weight is 357 g/mol. The van der Waals surface area contributed by atoms with Crippen LogP contribution in [-0.2, 0) is 18.6 Å². The first-order valence-electron chi connectivity index (χ1n) is 9.45. The minimum absolute atomic E-state index is 0.00498. The van der Waals surface area contributed by atoms with Crippen LogP contribution in [0.25, 0.3) is 0 Å². The molecule has 140 valence electrons. The predicted molar refractivity (Wildman–Crippen MR) is 99.4 cm³/mol. The summed E-state index contributed by atoms with van der Waals surface area (Å²) in [5, 5.41) is 0. The fourth-order valence-electron chi connectivity index (χ4n) is 3.52. The molecule has 0 amide bonds. The first-order chi connectivity index (χ1) is 11.0. The molecule has 0 spiro atoms. The van der Waals surface area contributed by atoms with Gasteiger partial charge in [-0.2, -0.15) is 0 Å². The van der Waals surface area contributed by atoms with Crippen molar-refractivity contribution in [3.8, 4) is 0 Å². The Morgan fingerprint density at radius 2 is 1.67 bits per heavy atom. The van der Waals surface area contributed by atoms with Gasteiger partial charge in [-0.1, -0.05) is 20.8 Å². The van der Waals surface area contributed by atoms with Crippen molar-refractivity contribution in [1.29, 1.82) is 0 Å². The molecule has 4 nitrogen and oxygen atoms in total. The Labute approximate surface area is 149 Å². The summed E-state index contributed by atoms with van der Waals surface area (Å²) in [5.41, 5.74) is -0.156. The van der Waals surface area contributed by atoms with E-state index in [1.54, 1.807) is 0 Å². The lowest BCUT2D eigenvalue weighted by Gasteiger charge is -2.31. The van der Waals surface area contributed by atoms with Crippen LogP contribution >= 0.6 is 0 Å². The quantitative estimate of drug-likeness (QED) is 0.611. The molecule has 1 fully saturated rings. The normalized spacial score (nSPS) is 29.5. The molecule has 2 rings (SSSR count). The second-order valence-electron chi connectivity index (χ2n) is 8.52. The average Bonchev–Trinajstić information content (AvgIpc) is 2.96. The van der Waals surface area contributed by atoms with E-state index in [1.807, 2.05) is 13.8 Å². The van der Waals surface area contributed by atoms with E-state index in [-0.39, 0.29) is 23.7 Å². The van der Waals surface area contributed by atoms with E-state index >= 15 is 0 Å². The van der Waals surface area contributed by atoms with Gasteiger partial charge in [-0.05, 0) is 58.8 Å². The smallest absolute Gasteiger partial charge is 0.250 e. The molecule has 5 heteroatoms. The van der Waals surface area contributed by atoms with Gasteiger partial charge in [0.05, 0.1) is 12.2 Å². The molecule has 1 saturated heterocycles. The summed E-state index contributed by atoms with van der Waals surface area (Å²) >= 11 is 0. The number of hydrogen-bond donors (Lipinski definition) is 0. The van der Waals surface area contributed by atoms with Gasteiger partial charge in [0.15, 0.2) is 5.79 Å². The number of hydrogen-bond acceptors (Lipinski definition) is 4. The fraction of sp³-hybridized carbons (Fsp3) is 0.895. The lowest BCUT2D eigenvalue weighted by molar-refractivity contribution is -0.153. The second kappa shape index (κ2) is 7.10. The van der Waals surface area contributed by atoms with Crippen molar-refractivity contribution in [3.63, 3.8) is 0 Å². The van der Waals surface area contributed by atoms with E-state index in [2.05, 4.69) is 47.6 Å². The minimum atomic E-state index is -1.72. The third-order valence-electron chi connectivity index (χ3n) is 5.19. The van der Waals surface area contributed by atoms with Gasteiger partial charge < -0.3 is 18.6 Å². The molecule has 3 atom stereocenters. The molecule has 0 aromatic heterocycles. The molecule has 0 radical (unpaired) electrons. The lowest BCUT2D eigenvalue weighted by Crippen LogP contribution is -2.38. The Bertz CT molecular complexity index is 454. The van der Waals surface area contributed by atoms with Crippen LogP contribution in [0.15, 0.2) is 11.8 Å². The van der Waals surface area contributed by atoms with E-state index in [1.165, 1.54) is 0 Å². The Morgan fingerprint density at radius 3 is 2.17 bits per heavy atom. The van der Waals surface area contributed by atoms with E-state index in [9.17, 15) is 0 Å². The Morgan fingerprint density at radius 1 is 1.08 bits per heavy atom. The van der Waals surface area contributed by atoms with E-state index < -0.39 is 14.1 Å². The molecule has 0 unspecified atom stereocenters.